The summed E-state index contributed by atoms with van der Waals surface area (Å²) >= 11 is 0. The number of nitrogens with zero attached hydrogens (tertiary/aromatic N) is 1. The molecule has 22 heavy (non-hydrogen) atoms. The molecule has 2 rings (SSSR count). The summed E-state index contributed by atoms with van der Waals surface area (Å²) in [5.41, 5.74) is -0.186. The first kappa shape index (κ1) is 17.7. The van der Waals surface area contributed by atoms with E-state index in [0.717, 1.165) is 12.8 Å². The van der Waals surface area contributed by atoms with Gasteiger partial charge in [-0.2, -0.15) is 0 Å². The smallest absolute Gasteiger partial charge is 0.223 e. The molecular formula is C15H28N2O4S. The minimum atomic E-state index is -3.13. The molecule has 1 atom stereocenters. The maximum Gasteiger partial charge on any atom is 0.223 e. The van der Waals surface area contributed by atoms with Crippen LogP contribution in [0.25, 0.3) is 0 Å². The second-order valence-electron chi connectivity index (χ2n) is 6.88. The van der Waals surface area contributed by atoms with Gasteiger partial charge >= 0.3 is 0 Å². The molecule has 7 heteroatoms. The summed E-state index contributed by atoms with van der Waals surface area (Å²) in [5.74, 6) is 0.117. The number of amides is 1. The van der Waals surface area contributed by atoms with Crippen LogP contribution < -0.4 is 5.32 Å². The predicted octanol–water partition coefficient (Wildman–Crippen LogP) is 1.12. The Kier molecular flexibility index (Phi) is 5.50. The molecule has 1 N–H and O–H groups in total. The quantitative estimate of drug-likeness (QED) is 0.837. The Hall–Kier alpha value is -0.660. The summed E-state index contributed by atoms with van der Waals surface area (Å²) in [7, 11) is -3.13. The third-order valence-corrected chi connectivity index (χ3v) is 6.51. The fraction of sp³-hybridized carbons (Fsp3) is 0.933. The summed E-state index contributed by atoms with van der Waals surface area (Å²) in [4.78, 5) is 12.4. The van der Waals surface area contributed by atoms with Crippen molar-refractivity contribution in [2.45, 2.75) is 58.1 Å². The van der Waals surface area contributed by atoms with E-state index in [4.69, 9.17) is 4.74 Å². The van der Waals surface area contributed by atoms with Crippen molar-refractivity contribution in [2.24, 2.45) is 5.92 Å². The Balaban J connectivity index is 1.83. The molecule has 128 valence electrons. The van der Waals surface area contributed by atoms with E-state index in [0.29, 0.717) is 32.5 Å². The van der Waals surface area contributed by atoms with Gasteiger partial charge in [0.1, 0.15) is 0 Å². The van der Waals surface area contributed by atoms with Gasteiger partial charge in [0.2, 0.25) is 15.9 Å². The van der Waals surface area contributed by atoms with Gasteiger partial charge in [-0.1, -0.05) is 0 Å². The Morgan fingerprint density at radius 2 is 1.91 bits per heavy atom. The third-order valence-electron chi connectivity index (χ3n) is 4.63. The van der Waals surface area contributed by atoms with E-state index in [2.05, 4.69) is 5.32 Å². The van der Waals surface area contributed by atoms with Gasteiger partial charge in [-0.05, 0) is 46.5 Å². The van der Waals surface area contributed by atoms with Crippen molar-refractivity contribution in [2.75, 3.05) is 25.4 Å². The van der Waals surface area contributed by atoms with E-state index < -0.39 is 10.0 Å². The van der Waals surface area contributed by atoms with Crippen molar-refractivity contribution in [3.8, 4) is 0 Å². The second kappa shape index (κ2) is 6.84. The lowest BCUT2D eigenvalue weighted by molar-refractivity contribution is -0.129. The monoisotopic (exact) mass is 332 g/mol. The minimum Gasteiger partial charge on any atom is -0.375 e. The highest BCUT2D eigenvalue weighted by Gasteiger charge is 2.33. The van der Waals surface area contributed by atoms with Crippen LogP contribution in [-0.2, 0) is 19.6 Å². The van der Waals surface area contributed by atoms with E-state index in [1.807, 2.05) is 13.8 Å². The molecule has 2 aliphatic rings. The number of piperidine rings is 1. The lowest BCUT2D eigenvalue weighted by atomic mass is 9.92. The molecule has 2 aliphatic heterocycles. The average molecular weight is 332 g/mol. The van der Waals surface area contributed by atoms with Crippen molar-refractivity contribution in [3.63, 3.8) is 0 Å². The maximum atomic E-state index is 12.4. The van der Waals surface area contributed by atoms with Crippen molar-refractivity contribution < 1.29 is 17.9 Å². The van der Waals surface area contributed by atoms with Crippen molar-refractivity contribution in [1.29, 1.82) is 0 Å². The summed E-state index contributed by atoms with van der Waals surface area (Å²) in [6.45, 7) is 7.31. The van der Waals surface area contributed by atoms with Gasteiger partial charge in [-0.25, -0.2) is 12.7 Å². The van der Waals surface area contributed by atoms with E-state index >= 15 is 0 Å². The van der Waals surface area contributed by atoms with Crippen molar-refractivity contribution in [1.82, 2.24) is 9.62 Å². The standard InChI is InChI=1S/C15H28N2O4S/c1-4-22(19,20)17-8-5-12(6-9-17)14(18)16-13-7-10-21-15(2,3)11-13/h12-13H,4-11H2,1-3H3,(H,16,18). The lowest BCUT2D eigenvalue weighted by Gasteiger charge is -2.37. The first-order valence-corrected chi connectivity index (χ1v) is 9.76. The highest BCUT2D eigenvalue weighted by atomic mass is 32.2. The number of carbonyl (C=O) groups excluding carboxylic acids is 1. The average Bonchev–Trinajstić information content (AvgIpc) is 2.46. The van der Waals surface area contributed by atoms with Crippen molar-refractivity contribution >= 4 is 15.9 Å². The van der Waals surface area contributed by atoms with Gasteiger partial charge in [0.05, 0.1) is 11.4 Å². The molecule has 1 amide bonds. The Bertz CT molecular complexity index is 496. The van der Waals surface area contributed by atoms with Crippen LogP contribution >= 0.6 is 0 Å². The topological polar surface area (TPSA) is 75.7 Å². The number of hydrogen-bond acceptors (Lipinski definition) is 4. The lowest BCUT2D eigenvalue weighted by Crippen LogP contribution is -2.49. The molecule has 0 aromatic rings. The third kappa shape index (κ3) is 4.43. The number of carbonyl (C=O) groups is 1. The van der Waals surface area contributed by atoms with Gasteiger partial charge in [-0.15, -0.1) is 0 Å². The molecule has 1 unspecified atom stereocenters. The van der Waals surface area contributed by atoms with Crippen LogP contribution in [0, 0.1) is 5.92 Å². The van der Waals surface area contributed by atoms with Crippen LogP contribution in [0.2, 0.25) is 0 Å². The second-order valence-corrected chi connectivity index (χ2v) is 9.14. The maximum absolute atomic E-state index is 12.4. The highest BCUT2D eigenvalue weighted by Crippen LogP contribution is 2.25. The number of ether oxygens (including phenoxy) is 1. The Morgan fingerprint density at radius 1 is 1.27 bits per heavy atom. The van der Waals surface area contributed by atoms with Crippen molar-refractivity contribution in [3.05, 3.63) is 0 Å². The fourth-order valence-corrected chi connectivity index (χ4v) is 4.39. The molecule has 2 heterocycles. The zero-order chi connectivity index (χ0) is 16.4. The summed E-state index contributed by atoms with van der Waals surface area (Å²) in [6.07, 6.45) is 2.88. The van der Waals surface area contributed by atoms with Gasteiger partial charge < -0.3 is 10.1 Å². The van der Waals surface area contributed by atoms with Crippen LogP contribution in [0.3, 0.4) is 0 Å². The Morgan fingerprint density at radius 3 is 2.45 bits per heavy atom. The summed E-state index contributed by atoms with van der Waals surface area (Å²) in [5, 5.41) is 3.12. The summed E-state index contributed by atoms with van der Waals surface area (Å²) in [6, 6.07) is 0.161. The molecule has 0 aromatic heterocycles. The first-order chi connectivity index (χ1) is 10.2. The number of sulfonamides is 1. The molecule has 0 spiro atoms. The molecular weight excluding hydrogens is 304 g/mol. The molecule has 2 fully saturated rings. The van der Waals surface area contributed by atoms with Gasteiger partial charge in [-0.3, -0.25) is 4.79 Å². The van der Waals surface area contributed by atoms with E-state index in [1.54, 1.807) is 6.92 Å². The fourth-order valence-electron chi connectivity index (χ4n) is 3.25. The molecule has 2 saturated heterocycles. The SMILES string of the molecule is CCS(=O)(=O)N1CCC(C(=O)NC2CCOC(C)(C)C2)CC1. The first-order valence-electron chi connectivity index (χ1n) is 8.15. The van der Waals surface area contributed by atoms with Crippen LogP contribution in [0.4, 0.5) is 0 Å². The zero-order valence-electron chi connectivity index (χ0n) is 13.8. The summed E-state index contributed by atoms with van der Waals surface area (Å²) < 4.78 is 30.8. The molecule has 0 aromatic carbocycles. The van der Waals surface area contributed by atoms with Crippen LogP contribution in [0.1, 0.15) is 46.5 Å². The van der Waals surface area contributed by atoms with Crippen LogP contribution in [0.5, 0.6) is 0 Å². The van der Waals surface area contributed by atoms with E-state index in [9.17, 15) is 13.2 Å². The van der Waals surface area contributed by atoms with E-state index in [1.165, 1.54) is 4.31 Å². The normalized spacial score (nSPS) is 27.5. The number of nitrogens with one attached hydrogen (secondary N) is 1. The molecule has 6 nitrogen and oxygen atoms in total. The largest absolute Gasteiger partial charge is 0.375 e. The van der Waals surface area contributed by atoms with Gasteiger partial charge in [0.25, 0.3) is 0 Å². The van der Waals surface area contributed by atoms with E-state index in [-0.39, 0.29) is 29.2 Å². The Labute approximate surface area is 133 Å². The van der Waals surface area contributed by atoms with Gasteiger partial charge in [0.15, 0.2) is 0 Å². The predicted molar refractivity (Wildman–Crippen MR) is 85.0 cm³/mol. The van der Waals surface area contributed by atoms with Crippen LogP contribution in [-0.4, -0.2) is 55.7 Å². The number of rotatable bonds is 4. The van der Waals surface area contributed by atoms with Gasteiger partial charge in [0, 0.05) is 31.7 Å². The van der Waals surface area contributed by atoms with Crippen LogP contribution in [0.15, 0.2) is 0 Å². The molecule has 0 aliphatic carbocycles. The number of hydrogen-bond donors (Lipinski definition) is 1. The molecule has 0 radical (unpaired) electrons. The zero-order valence-corrected chi connectivity index (χ0v) is 14.6. The molecule has 0 bridgehead atoms. The minimum absolute atomic E-state index is 0.0660. The highest BCUT2D eigenvalue weighted by molar-refractivity contribution is 7.89. The molecule has 0 saturated carbocycles.